The molecule has 4 rings (SSSR count). The van der Waals surface area contributed by atoms with E-state index in [0.29, 0.717) is 5.69 Å². The number of carbonyl (C=O) groups is 2. The van der Waals surface area contributed by atoms with E-state index >= 15 is 0 Å². The number of thiophene rings is 1. The minimum Gasteiger partial charge on any atom is -0.452 e. The van der Waals surface area contributed by atoms with Gasteiger partial charge in [-0.1, -0.05) is 30.3 Å². The molecule has 0 bridgehead atoms. The molecule has 0 spiro atoms. The third kappa shape index (κ3) is 5.34. The van der Waals surface area contributed by atoms with E-state index in [0.717, 1.165) is 10.6 Å². The van der Waals surface area contributed by atoms with Gasteiger partial charge in [-0.05, 0) is 41.8 Å². The first-order valence-corrected chi connectivity index (χ1v) is 12.0. The number of anilines is 1. The summed E-state index contributed by atoms with van der Waals surface area (Å²) in [5, 5.41) is 14.0. The average molecular weight is 483 g/mol. The Morgan fingerprint density at radius 3 is 2.55 bits per heavy atom. The smallest absolute Gasteiger partial charge is 0.342 e. The second-order valence-electron chi connectivity index (χ2n) is 6.85. The van der Waals surface area contributed by atoms with Gasteiger partial charge in [0.2, 0.25) is 10.0 Å². The number of nitrogens with one attached hydrogen (secondary N) is 1. The summed E-state index contributed by atoms with van der Waals surface area (Å²) in [4.78, 5) is 25.7. The maximum atomic E-state index is 12.8. The van der Waals surface area contributed by atoms with E-state index in [2.05, 4.69) is 10.4 Å². The predicted octanol–water partition coefficient (Wildman–Crippen LogP) is 3.04. The van der Waals surface area contributed by atoms with Crippen LogP contribution in [0, 0.1) is 0 Å². The first-order valence-electron chi connectivity index (χ1n) is 9.60. The number of carbonyl (C=O) groups excluding carboxylic acids is 2. The standard InChI is InChI=1S/C22H18N4O5S2/c23-33(29,30)17-9-4-6-15(12-17)24-20(27)14-31-22(28)18-13-26(16-7-2-1-3-8-16)25-21(18)19-10-5-11-32-19/h1-13H,14H2,(H,24,27)(H2,23,29,30). The fourth-order valence-electron chi connectivity index (χ4n) is 2.99. The topological polar surface area (TPSA) is 133 Å². The zero-order valence-electron chi connectivity index (χ0n) is 17.0. The number of amides is 1. The molecule has 168 valence electrons. The van der Waals surface area contributed by atoms with Gasteiger partial charge < -0.3 is 10.1 Å². The summed E-state index contributed by atoms with van der Waals surface area (Å²) in [5.74, 6) is -1.35. The van der Waals surface area contributed by atoms with E-state index in [1.165, 1.54) is 35.6 Å². The molecule has 1 amide bonds. The highest BCUT2D eigenvalue weighted by Gasteiger charge is 2.21. The Morgan fingerprint density at radius 1 is 1.06 bits per heavy atom. The molecule has 0 atom stereocenters. The molecule has 4 aromatic rings. The number of esters is 1. The number of aromatic nitrogens is 2. The van der Waals surface area contributed by atoms with Crippen LogP contribution in [0.5, 0.6) is 0 Å². The van der Waals surface area contributed by atoms with E-state index < -0.39 is 28.5 Å². The van der Waals surface area contributed by atoms with Crippen molar-refractivity contribution in [2.75, 3.05) is 11.9 Å². The fraction of sp³-hybridized carbons (Fsp3) is 0.0455. The first kappa shape index (κ1) is 22.4. The van der Waals surface area contributed by atoms with Crippen LogP contribution in [0.25, 0.3) is 16.3 Å². The Bertz CT molecular complexity index is 1400. The lowest BCUT2D eigenvalue weighted by atomic mass is 10.2. The van der Waals surface area contributed by atoms with Gasteiger partial charge in [-0.3, -0.25) is 4.79 Å². The van der Waals surface area contributed by atoms with Crippen molar-refractivity contribution >= 4 is 38.9 Å². The molecule has 2 aromatic heterocycles. The van der Waals surface area contributed by atoms with Gasteiger partial charge in [-0.2, -0.15) is 5.10 Å². The second kappa shape index (κ2) is 9.36. The molecule has 0 aliphatic heterocycles. The Balaban J connectivity index is 1.49. The lowest BCUT2D eigenvalue weighted by Gasteiger charge is -2.07. The lowest BCUT2D eigenvalue weighted by Crippen LogP contribution is -2.21. The van der Waals surface area contributed by atoms with Gasteiger partial charge in [-0.25, -0.2) is 23.0 Å². The Kier molecular flexibility index (Phi) is 6.36. The highest BCUT2D eigenvalue weighted by molar-refractivity contribution is 7.89. The molecular weight excluding hydrogens is 464 g/mol. The number of hydrogen-bond acceptors (Lipinski definition) is 7. The van der Waals surface area contributed by atoms with Gasteiger partial charge in [0.05, 0.1) is 15.5 Å². The molecule has 0 aliphatic carbocycles. The molecule has 0 aliphatic rings. The normalized spacial score (nSPS) is 11.2. The number of primary sulfonamides is 1. The summed E-state index contributed by atoms with van der Waals surface area (Å²) in [7, 11) is -3.91. The van der Waals surface area contributed by atoms with Crippen LogP contribution in [0.3, 0.4) is 0 Å². The third-order valence-electron chi connectivity index (χ3n) is 4.49. The van der Waals surface area contributed by atoms with E-state index in [1.807, 2.05) is 47.8 Å². The molecule has 0 unspecified atom stereocenters. The zero-order chi connectivity index (χ0) is 23.4. The van der Waals surface area contributed by atoms with Gasteiger partial charge in [0.1, 0.15) is 11.3 Å². The van der Waals surface area contributed by atoms with Crippen LogP contribution in [0.1, 0.15) is 10.4 Å². The molecule has 9 nitrogen and oxygen atoms in total. The van der Waals surface area contributed by atoms with Crippen molar-refractivity contribution in [2.45, 2.75) is 4.90 Å². The van der Waals surface area contributed by atoms with E-state index in [9.17, 15) is 18.0 Å². The number of para-hydroxylation sites is 1. The number of nitrogens with zero attached hydrogens (tertiary/aromatic N) is 2. The summed E-state index contributed by atoms with van der Waals surface area (Å²) >= 11 is 1.42. The van der Waals surface area contributed by atoms with Crippen molar-refractivity contribution in [3.05, 3.63) is 83.9 Å². The van der Waals surface area contributed by atoms with Gasteiger partial charge in [0.15, 0.2) is 6.61 Å². The number of sulfonamides is 1. The molecule has 2 aromatic carbocycles. The number of ether oxygens (including phenoxy) is 1. The maximum absolute atomic E-state index is 12.8. The molecule has 2 heterocycles. The molecule has 0 saturated carbocycles. The molecule has 0 radical (unpaired) electrons. The summed E-state index contributed by atoms with van der Waals surface area (Å²) in [6, 6.07) is 18.4. The van der Waals surface area contributed by atoms with Crippen LogP contribution in [0.2, 0.25) is 0 Å². The van der Waals surface area contributed by atoms with Crippen molar-refractivity contribution in [1.29, 1.82) is 0 Å². The summed E-state index contributed by atoms with van der Waals surface area (Å²) in [6.07, 6.45) is 1.56. The predicted molar refractivity (Wildman–Crippen MR) is 124 cm³/mol. The zero-order valence-corrected chi connectivity index (χ0v) is 18.7. The molecule has 3 N–H and O–H groups in total. The number of hydrogen-bond donors (Lipinski definition) is 2. The number of benzene rings is 2. The van der Waals surface area contributed by atoms with Crippen molar-refractivity contribution in [3.8, 4) is 16.3 Å². The first-order chi connectivity index (χ1) is 15.8. The number of rotatable bonds is 7. The molecule has 0 saturated heterocycles. The monoisotopic (exact) mass is 482 g/mol. The van der Waals surface area contributed by atoms with Gasteiger partial charge in [0.25, 0.3) is 5.91 Å². The maximum Gasteiger partial charge on any atom is 0.342 e. The molecular formula is C22H18N4O5S2. The van der Waals surface area contributed by atoms with Crippen molar-refractivity contribution in [1.82, 2.24) is 9.78 Å². The minimum absolute atomic E-state index is 0.147. The third-order valence-corrected chi connectivity index (χ3v) is 6.28. The highest BCUT2D eigenvalue weighted by Crippen LogP contribution is 2.28. The van der Waals surface area contributed by atoms with E-state index in [4.69, 9.17) is 9.88 Å². The van der Waals surface area contributed by atoms with Gasteiger partial charge in [0, 0.05) is 11.9 Å². The minimum atomic E-state index is -3.91. The van der Waals surface area contributed by atoms with Crippen molar-refractivity contribution in [2.24, 2.45) is 5.14 Å². The van der Waals surface area contributed by atoms with Crippen molar-refractivity contribution in [3.63, 3.8) is 0 Å². The van der Waals surface area contributed by atoms with Crippen molar-refractivity contribution < 1.29 is 22.7 Å². The van der Waals surface area contributed by atoms with Gasteiger partial charge >= 0.3 is 5.97 Å². The average Bonchev–Trinajstić information content (AvgIpc) is 3.48. The Morgan fingerprint density at radius 2 is 1.85 bits per heavy atom. The highest BCUT2D eigenvalue weighted by atomic mass is 32.2. The molecule has 0 fully saturated rings. The summed E-state index contributed by atoms with van der Waals surface area (Å²) < 4.78 is 29.7. The second-order valence-corrected chi connectivity index (χ2v) is 9.36. The van der Waals surface area contributed by atoms with E-state index in [-0.39, 0.29) is 16.1 Å². The van der Waals surface area contributed by atoms with Crippen LogP contribution in [0.15, 0.2) is 83.2 Å². The largest absolute Gasteiger partial charge is 0.452 e. The molecule has 33 heavy (non-hydrogen) atoms. The molecule has 11 heteroatoms. The Hall–Kier alpha value is -3.80. The van der Waals surface area contributed by atoms with Crippen LogP contribution in [-0.2, 0) is 19.6 Å². The summed E-state index contributed by atoms with van der Waals surface area (Å²) in [6.45, 7) is -0.571. The van der Waals surface area contributed by atoms with Crippen LogP contribution >= 0.6 is 11.3 Å². The van der Waals surface area contributed by atoms with Gasteiger partial charge in [-0.15, -0.1) is 11.3 Å². The Labute approximate surface area is 193 Å². The summed E-state index contributed by atoms with van der Waals surface area (Å²) in [5.41, 5.74) is 1.63. The fourth-order valence-corrected chi connectivity index (χ4v) is 4.27. The lowest BCUT2D eigenvalue weighted by molar-refractivity contribution is -0.119. The van der Waals surface area contributed by atoms with Crippen LogP contribution in [0.4, 0.5) is 5.69 Å². The van der Waals surface area contributed by atoms with E-state index in [1.54, 1.807) is 10.9 Å². The number of nitrogens with two attached hydrogens (primary N) is 1. The van der Waals surface area contributed by atoms with Crippen LogP contribution in [-0.4, -0.2) is 36.7 Å². The van der Waals surface area contributed by atoms with Crippen LogP contribution < -0.4 is 10.5 Å². The SMILES string of the molecule is NS(=O)(=O)c1cccc(NC(=O)COC(=O)c2cn(-c3ccccc3)nc2-c2cccs2)c1. The quantitative estimate of drug-likeness (QED) is 0.389.